The third kappa shape index (κ3) is 4.84. The lowest BCUT2D eigenvalue weighted by molar-refractivity contribution is 0.283. The molecule has 1 rings (SSSR count). The lowest BCUT2D eigenvalue weighted by atomic mass is 10.2. The quantitative estimate of drug-likeness (QED) is 0.664. The summed E-state index contributed by atoms with van der Waals surface area (Å²) in [5.74, 6) is 1.59. The summed E-state index contributed by atoms with van der Waals surface area (Å²) in [6, 6.07) is 5.75. The largest absolute Gasteiger partial charge is 0.497 e. The second-order valence-corrected chi connectivity index (χ2v) is 4.13. The Hall–Kier alpha value is -1.42. The van der Waals surface area contributed by atoms with E-state index in [1.807, 2.05) is 18.2 Å². The Balaban J connectivity index is 2.37. The zero-order valence-corrected chi connectivity index (χ0v) is 11.2. The number of rotatable bonds is 9. The second kappa shape index (κ2) is 8.64. The van der Waals surface area contributed by atoms with Gasteiger partial charge in [0, 0.05) is 19.2 Å². The van der Waals surface area contributed by atoms with E-state index in [9.17, 15) is 0 Å². The molecule has 0 saturated heterocycles. The van der Waals surface area contributed by atoms with Gasteiger partial charge in [-0.2, -0.15) is 0 Å². The number of aliphatic hydroxyl groups is 1. The normalized spacial score (nSPS) is 10.2. The Bertz CT molecular complexity index is 342. The SMILES string of the molecule is COc1ccc(NCCCCCCO)c(OC)c1. The first-order valence-electron chi connectivity index (χ1n) is 6.38. The molecular weight excluding hydrogens is 230 g/mol. The van der Waals surface area contributed by atoms with E-state index in [0.29, 0.717) is 6.61 Å². The highest BCUT2D eigenvalue weighted by atomic mass is 16.5. The first kappa shape index (κ1) is 14.6. The van der Waals surface area contributed by atoms with Crippen LogP contribution in [-0.4, -0.2) is 32.5 Å². The molecule has 2 N–H and O–H groups in total. The van der Waals surface area contributed by atoms with Crippen LogP contribution in [0.1, 0.15) is 25.7 Å². The van der Waals surface area contributed by atoms with Crippen LogP contribution in [0.5, 0.6) is 11.5 Å². The van der Waals surface area contributed by atoms with Crippen molar-refractivity contribution in [2.75, 3.05) is 32.7 Å². The molecule has 0 atom stereocenters. The van der Waals surface area contributed by atoms with Crippen molar-refractivity contribution >= 4 is 5.69 Å². The van der Waals surface area contributed by atoms with Gasteiger partial charge >= 0.3 is 0 Å². The standard InChI is InChI=1S/C14H23NO3/c1-17-12-7-8-13(14(11-12)18-2)15-9-5-3-4-6-10-16/h7-8,11,15-16H,3-6,9-10H2,1-2H3. The van der Waals surface area contributed by atoms with Crippen LogP contribution in [0.15, 0.2) is 18.2 Å². The third-order valence-corrected chi connectivity index (χ3v) is 2.81. The van der Waals surface area contributed by atoms with Crippen LogP contribution in [-0.2, 0) is 0 Å². The Morgan fingerprint density at radius 1 is 1.06 bits per heavy atom. The van der Waals surface area contributed by atoms with Crippen LogP contribution >= 0.6 is 0 Å². The monoisotopic (exact) mass is 253 g/mol. The van der Waals surface area contributed by atoms with Gasteiger partial charge in [-0.25, -0.2) is 0 Å². The summed E-state index contributed by atoms with van der Waals surface area (Å²) < 4.78 is 10.5. The summed E-state index contributed by atoms with van der Waals surface area (Å²) in [5, 5.41) is 12.0. The number of benzene rings is 1. The van der Waals surface area contributed by atoms with Crippen LogP contribution in [0.3, 0.4) is 0 Å². The molecule has 0 bridgehead atoms. The fourth-order valence-electron chi connectivity index (χ4n) is 1.76. The number of unbranched alkanes of at least 4 members (excludes halogenated alkanes) is 3. The van der Waals surface area contributed by atoms with Gasteiger partial charge in [-0.15, -0.1) is 0 Å². The minimum atomic E-state index is 0.291. The van der Waals surface area contributed by atoms with E-state index in [1.54, 1.807) is 14.2 Å². The summed E-state index contributed by atoms with van der Waals surface area (Å²) in [7, 11) is 3.30. The molecule has 0 amide bonds. The van der Waals surface area contributed by atoms with Crippen molar-refractivity contribution in [3.05, 3.63) is 18.2 Å². The predicted octanol–water partition coefficient (Wildman–Crippen LogP) is 2.67. The average Bonchev–Trinajstić information content (AvgIpc) is 2.42. The van der Waals surface area contributed by atoms with Gasteiger partial charge in [0.1, 0.15) is 11.5 Å². The van der Waals surface area contributed by atoms with Crippen molar-refractivity contribution in [3.63, 3.8) is 0 Å². The summed E-state index contributed by atoms with van der Waals surface area (Å²) in [4.78, 5) is 0. The molecule has 0 heterocycles. The Labute approximate surface area is 109 Å². The smallest absolute Gasteiger partial charge is 0.145 e. The van der Waals surface area contributed by atoms with E-state index in [4.69, 9.17) is 14.6 Å². The Morgan fingerprint density at radius 2 is 1.83 bits per heavy atom. The van der Waals surface area contributed by atoms with Crippen molar-refractivity contribution in [2.45, 2.75) is 25.7 Å². The summed E-state index contributed by atoms with van der Waals surface area (Å²) in [6.45, 7) is 1.20. The molecule has 0 aliphatic rings. The maximum atomic E-state index is 8.67. The van der Waals surface area contributed by atoms with Gasteiger partial charge in [0.2, 0.25) is 0 Å². The first-order valence-corrected chi connectivity index (χ1v) is 6.38. The van der Waals surface area contributed by atoms with Gasteiger partial charge in [-0.3, -0.25) is 0 Å². The molecule has 0 unspecified atom stereocenters. The van der Waals surface area contributed by atoms with Crippen molar-refractivity contribution in [2.24, 2.45) is 0 Å². The third-order valence-electron chi connectivity index (χ3n) is 2.81. The number of hydrogen-bond donors (Lipinski definition) is 2. The van der Waals surface area contributed by atoms with E-state index in [2.05, 4.69) is 5.32 Å². The van der Waals surface area contributed by atoms with Crippen LogP contribution in [0, 0.1) is 0 Å². The highest BCUT2D eigenvalue weighted by Crippen LogP contribution is 2.28. The topological polar surface area (TPSA) is 50.7 Å². The van der Waals surface area contributed by atoms with Crippen LogP contribution < -0.4 is 14.8 Å². The number of hydrogen-bond acceptors (Lipinski definition) is 4. The van der Waals surface area contributed by atoms with Gasteiger partial charge < -0.3 is 19.9 Å². The fraction of sp³-hybridized carbons (Fsp3) is 0.571. The Kier molecular flexibility index (Phi) is 7.03. The number of methoxy groups -OCH3 is 2. The molecule has 0 aliphatic heterocycles. The molecule has 1 aromatic carbocycles. The zero-order chi connectivity index (χ0) is 13.2. The van der Waals surface area contributed by atoms with E-state index in [-0.39, 0.29) is 0 Å². The van der Waals surface area contributed by atoms with E-state index >= 15 is 0 Å². The molecule has 18 heavy (non-hydrogen) atoms. The highest BCUT2D eigenvalue weighted by Gasteiger charge is 2.03. The van der Waals surface area contributed by atoms with Gasteiger partial charge in [-0.1, -0.05) is 12.8 Å². The van der Waals surface area contributed by atoms with Gasteiger partial charge in [0.05, 0.1) is 19.9 Å². The molecular formula is C14H23NO3. The van der Waals surface area contributed by atoms with E-state index in [0.717, 1.165) is 49.4 Å². The molecule has 0 saturated carbocycles. The predicted molar refractivity (Wildman–Crippen MR) is 73.6 cm³/mol. The van der Waals surface area contributed by atoms with Crippen molar-refractivity contribution in [3.8, 4) is 11.5 Å². The molecule has 0 aliphatic carbocycles. The molecule has 0 fully saturated rings. The molecule has 1 aromatic rings. The van der Waals surface area contributed by atoms with Gasteiger partial charge in [0.25, 0.3) is 0 Å². The molecule has 102 valence electrons. The molecule has 4 nitrogen and oxygen atoms in total. The lowest BCUT2D eigenvalue weighted by Gasteiger charge is -2.12. The van der Waals surface area contributed by atoms with Crippen molar-refractivity contribution < 1.29 is 14.6 Å². The summed E-state index contributed by atoms with van der Waals surface area (Å²) in [6.07, 6.45) is 4.20. The van der Waals surface area contributed by atoms with Gasteiger partial charge in [-0.05, 0) is 25.0 Å². The number of nitrogens with one attached hydrogen (secondary N) is 1. The van der Waals surface area contributed by atoms with E-state index < -0.39 is 0 Å². The van der Waals surface area contributed by atoms with Crippen LogP contribution in [0.2, 0.25) is 0 Å². The molecule has 0 spiro atoms. The molecule has 0 aromatic heterocycles. The lowest BCUT2D eigenvalue weighted by Crippen LogP contribution is -2.03. The fourth-order valence-corrected chi connectivity index (χ4v) is 1.76. The zero-order valence-electron chi connectivity index (χ0n) is 11.2. The van der Waals surface area contributed by atoms with E-state index in [1.165, 1.54) is 0 Å². The minimum Gasteiger partial charge on any atom is -0.497 e. The summed E-state index contributed by atoms with van der Waals surface area (Å²) in [5.41, 5.74) is 0.987. The maximum Gasteiger partial charge on any atom is 0.145 e. The first-order chi connectivity index (χ1) is 8.81. The molecule has 4 heteroatoms. The summed E-state index contributed by atoms with van der Waals surface area (Å²) >= 11 is 0. The highest BCUT2D eigenvalue weighted by molar-refractivity contribution is 5.59. The average molecular weight is 253 g/mol. The maximum absolute atomic E-state index is 8.67. The number of aliphatic hydroxyl groups excluding tert-OH is 1. The number of anilines is 1. The van der Waals surface area contributed by atoms with Crippen LogP contribution in [0.25, 0.3) is 0 Å². The van der Waals surface area contributed by atoms with Crippen molar-refractivity contribution in [1.82, 2.24) is 0 Å². The van der Waals surface area contributed by atoms with Gasteiger partial charge in [0.15, 0.2) is 0 Å². The Morgan fingerprint density at radius 3 is 2.50 bits per heavy atom. The second-order valence-electron chi connectivity index (χ2n) is 4.13. The van der Waals surface area contributed by atoms with Crippen LogP contribution in [0.4, 0.5) is 5.69 Å². The molecule has 0 radical (unpaired) electrons. The van der Waals surface area contributed by atoms with Crippen molar-refractivity contribution in [1.29, 1.82) is 0 Å². The number of ether oxygens (including phenoxy) is 2. The minimum absolute atomic E-state index is 0.291.